The minimum Gasteiger partial charge on any atom is -0.388 e. The summed E-state index contributed by atoms with van der Waals surface area (Å²) in [4.78, 5) is 26.1. The van der Waals surface area contributed by atoms with Crippen LogP contribution in [0.15, 0.2) is 36.9 Å². The van der Waals surface area contributed by atoms with Crippen molar-refractivity contribution in [2.75, 3.05) is 19.7 Å². The van der Waals surface area contributed by atoms with Crippen molar-refractivity contribution in [1.82, 2.24) is 25.2 Å². The first-order valence-corrected chi connectivity index (χ1v) is 9.74. The van der Waals surface area contributed by atoms with Gasteiger partial charge >= 0.3 is 0 Å². The van der Waals surface area contributed by atoms with Gasteiger partial charge in [0.15, 0.2) is 0 Å². The molecule has 4 heterocycles. The molecule has 2 aromatic rings. The number of nitrogens with one attached hydrogen (secondary N) is 2. The van der Waals surface area contributed by atoms with E-state index >= 15 is 0 Å². The molecule has 3 N–H and O–H groups in total. The highest BCUT2D eigenvalue weighted by Crippen LogP contribution is 2.39. The van der Waals surface area contributed by atoms with E-state index in [0.717, 1.165) is 38.3 Å². The van der Waals surface area contributed by atoms with Crippen molar-refractivity contribution in [2.45, 2.75) is 50.0 Å². The Balaban J connectivity index is 1.34. The third-order valence-electron chi connectivity index (χ3n) is 5.93. The first-order valence-electron chi connectivity index (χ1n) is 9.74. The number of ether oxygens (including phenoxy) is 1. The number of aromatic amines is 1. The predicted octanol–water partition coefficient (Wildman–Crippen LogP) is 1.11. The zero-order valence-electron chi connectivity index (χ0n) is 16.1. The smallest absolute Gasteiger partial charge is 0.251 e. The molecule has 8 nitrogen and oxygen atoms in total. The fraction of sp³-hybridized carbons (Fsp3) is 0.550. The summed E-state index contributed by atoms with van der Waals surface area (Å²) in [5, 5.41) is 14.0. The molecule has 2 aromatic heterocycles. The van der Waals surface area contributed by atoms with Crippen LogP contribution in [0.4, 0.5) is 0 Å². The van der Waals surface area contributed by atoms with Crippen molar-refractivity contribution in [1.29, 1.82) is 0 Å². The number of nitrogens with zero attached hydrogens (tertiary/aromatic N) is 3. The quantitative estimate of drug-likeness (QED) is 0.729. The third kappa shape index (κ3) is 4.09. The molecule has 4 rings (SSSR count). The molecule has 0 bridgehead atoms. The van der Waals surface area contributed by atoms with Crippen molar-refractivity contribution in [3.8, 4) is 0 Å². The van der Waals surface area contributed by atoms with Gasteiger partial charge in [-0.1, -0.05) is 0 Å². The number of imidazole rings is 1. The molecule has 28 heavy (non-hydrogen) atoms. The van der Waals surface area contributed by atoms with Crippen LogP contribution in [-0.2, 0) is 11.3 Å². The first-order chi connectivity index (χ1) is 13.5. The normalized spacial score (nSPS) is 27.6. The van der Waals surface area contributed by atoms with Crippen molar-refractivity contribution in [3.63, 3.8) is 0 Å². The van der Waals surface area contributed by atoms with E-state index in [0.29, 0.717) is 18.6 Å². The van der Waals surface area contributed by atoms with E-state index in [1.807, 2.05) is 6.20 Å². The van der Waals surface area contributed by atoms with E-state index in [1.54, 1.807) is 37.6 Å². The Morgan fingerprint density at radius 3 is 2.75 bits per heavy atom. The molecule has 2 saturated heterocycles. The second kappa shape index (κ2) is 7.62. The van der Waals surface area contributed by atoms with Crippen LogP contribution in [-0.4, -0.2) is 67.8 Å². The average molecular weight is 385 g/mol. The maximum atomic E-state index is 12.4. The molecule has 8 heteroatoms. The molecular weight excluding hydrogens is 358 g/mol. The second-order valence-electron chi connectivity index (χ2n) is 8.10. The van der Waals surface area contributed by atoms with Gasteiger partial charge in [0, 0.05) is 49.9 Å². The largest absolute Gasteiger partial charge is 0.388 e. The maximum Gasteiger partial charge on any atom is 0.251 e. The van der Waals surface area contributed by atoms with Crippen molar-refractivity contribution in [3.05, 3.63) is 48.3 Å². The van der Waals surface area contributed by atoms with Gasteiger partial charge in [-0.2, -0.15) is 0 Å². The zero-order chi connectivity index (χ0) is 19.6. The molecule has 0 unspecified atom stereocenters. The maximum absolute atomic E-state index is 12.4. The van der Waals surface area contributed by atoms with Crippen LogP contribution in [0.3, 0.4) is 0 Å². The fourth-order valence-corrected chi connectivity index (χ4v) is 4.24. The summed E-state index contributed by atoms with van der Waals surface area (Å²) in [6.45, 7) is 4.69. The topological polar surface area (TPSA) is 103 Å². The number of amides is 1. The number of carbonyl (C=O) groups excluding carboxylic acids is 1. The molecule has 0 aliphatic carbocycles. The fourth-order valence-electron chi connectivity index (χ4n) is 4.24. The Morgan fingerprint density at radius 2 is 2.11 bits per heavy atom. The Bertz CT molecular complexity index is 785. The summed E-state index contributed by atoms with van der Waals surface area (Å²) in [5.41, 5.74) is -0.831. The summed E-state index contributed by atoms with van der Waals surface area (Å²) >= 11 is 0. The van der Waals surface area contributed by atoms with Gasteiger partial charge in [0.2, 0.25) is 0 Å². The highest BCUT2D eigenvalue weighted by molar-refractivity contribution is 5.94. The SMILES string of the molecule is C[C@]1(O)CC2(CCN(Cc3ncc[nH]3)CC2)OC[C@@H]1NC(=O)c1ccncc1. The van der Waals surface area contributed by atoms with Crippen molar-refractivity contribution >= 4 is 5.91 Å². The van der Waals surface area contributed by atoms with Crippen LogP contribution >= 0.6 is 0 Å². The van der Waals surface area contributed by atoms with Gasteiger partial charge in [-0.15, -0.1) is 0 Å². The number of piperidine rings is 1. The number of H-pyrrole nitrogens is 1. The second-order valence-corrected chi connectivity index (χ2v) is 8.10. The van der Waals surface area contributed by atoms with E-state index < -0.39 is 11.6 Å². The third-order valence-corrected chi connectivity index (χ3v) is 5.93. The summed E-state index contributed by atoms with van der Waals surface area (Å²) in [6.07, 6.45) is 8.98. The number of aliphatic hydroxyl groups is 1. The minimum atomic E-state index is -1.02. The van der Waals surface area contributed by atoms with Crippen LogP contribution in [0.2, 0.25) is 0 Å². The summed E-state index contributed by atoms with van der Waals surface area (Å²) < 4.78 is 6.24. The summed E-state index contributed by atoms with van der Waals surface area (Å²) in [7, 11) is 0. The van der Waals surface area contributed by atoms with Crippen molar-refractivity contribution < 1.29 is 14.6 Å². The summed E-state index contributed by atoms with van der Waals surface area (Å²) in [5.74, 6) is 0.742. The molecule has 0 radical (unpaired) electrons. The molecule has 1 amide bonds. The molecule has 0 aromatic carbocycles. The van der Waals surface area contributed by atoms with Gasteiger partial charge in [-0.05, 0) is 31.9 Å². The zero-order valence-corrected chi connectivity index (χ0v) is 16.1. The molecule has 2 aliphatic rings. The number of pyridine rings is 1. The van der Waals surface area contributed by atoms with E-state index in [9.17, 15) is 9.90 Å². The Labute approximate surface area is 164 Å². The van der Waals surface area contributed by atoms with Crippen LogP contribution in [0.5, 0.6) is 0 Å². The molecule has 150 valence electrons. The van der Waals surface area contributed by atoms with E-state index in [4.69, 9.17) is 4.74 Å². The van der Waals surface area contributed by atoms with E-state index in [-0.39, 0.29) is 11.5 Å². The number of rotatable bonds is 4. The Kier molecular flexibility index (Phi) is 5.18. The van der Waals surface area contributed by atoms with Gasteiger partial charge in [-0.3, -0.25) is 14.7 Å². The number of hydrogen-bond acceptors (Lipinski definition) is 6. The molecule has 2 fully saturated rings. The lowest BCUT2D eigenvalue weighted by Crippen LogP contribution is -2.63. The van der Waals surface area contributed by atoms with Gasteiger partial charge < -0.3 is 20.1 Å². The molecule has 2 atom stereocenters. The first kappa shape index (κ1) is 19.0. The monoisotopic (exact) mass is 385 g/mol. The lowest BCUT2D eigenvalue weighted by atomic mass is 9.75. The molecular formula is C20H27N5O3. The average Bonchev–Trinajstić information content (AvgIpc) is 3.19. The Morgan fingerprint density at radius 1 is 1.36 bits per heavy atom. The van der Waals surface area contributed by atoms with Crippen LogP contribution < -0.4 is 5.32 Å². The van der Waals surface area contributed by atoms with Gasteiger partial charge in [0.1, 0.15) is 5.82 Å². The standard InChI is InChI=1S/C20H27N5O3/c1-19(27)14-20(4-10-25(11-5-20)12-17-22-8-9-23-17)28-13-16(19)24-18(26)15-2-6-21-7-3-15/h2-3,6-9,16,27H,4-5,10-14H2,1H3,(H,22,23)(H,24,26)/t16-,19-/m0/s1. The molecule has 0 saturated carbocycles. The Hall–Kier alpha value is -2.29. The molecule has 2 aliphatic heterocycles. The van der Waals surface area contributed by atoms with Crippen LogP contribution in [0, 0.1) is 0 Å². The minimum absolute atomic E-state index is 0.222. The van der Waals surface area contributed by atoms with Gasteiger partial charge in [0.05, 0.1) is 30.4 Å². The number of carbonyl (C=O) groups is 1. The van der Waals surface area contributed by atoms with Crippen LogP contribution in [0.25, 0.3) is 0 Å². The highest BCUT2D eigenvalue weighted by Gasteiger charge is 2.49. The van der Waals surface area contributed by atoms with Crippen LogP contribution in [0.1, 0.15) is 42.4 Å². The number of hydrogen-bond donors (Lipinski definition) is 3. The van der Waals surface area contributed by atoms with Gasteiger partial charge in [0.25, 0.3) is 5.91 Å². The number of likely N-dealkylation sites (tertiary alicyclic amines) is 1. The number of aromatic nitrogens is 3. The highest BCUT2D eigenvalue weighted by atomic mass is 16.5. The lowest BCUT2D eigenvalue weighted by Gasteiger charge is -2.51. The summed E-state index contributed by atoms with van der Waals surface area (Å²) in [6, 6.07) is 2.87. The van der Waals surface area contributed by atoms with Gasteiger partial charge in [-0.25, -0.2) is 4.98 Å². The van der Waals surface area contributed by atoms with E-state index in [2.05, 4.69) is 25.2 Å². The predicted molar refractivity (Wildman–Crippen MR) is 103 cm³/mol. The lowest BCUT2D eigenvalue weighted by molar-refractivity contribution is -0.186. The molecule has 1 spiro atoms. The van der Waals surface area contributed by atoms with E-state index in [1.165, 1.54) is 0 Å². The van der Waals surface area contributed by atoms with Crippen molar-refractivity contribution in [2.24, 2.45) is 0 Å².